The summed E-state index contributed by atoms with van der Waals surface area (Å²) in [7, 11) is 0. The van der Waals surface area contributed by atoms with E-state index in [2.05, 4.69) is 24.1 Å². The van der Waals surface area contributed by atoms with Gasteiger partial charge in [-0.05, 0) is 25.7 Å². The lowest BCUT2D eigenvalue weighted by atomic mass is 9.83. The molecule has 1 aliphatic carbocycles. The van der Waals surface area contributed by atoms with Crippen LogP contribution >= 0.6 is 11.3 Å². The highest BCUT2D eigenvalue weighted by molar-refractivity contribution is 7.09. The highest BCUT2D eigenvalue weighted by Gasteiger charge is 2.23. The zero-order valence-corrected chi connectivity index (χ0v) is 11.1. The molecule has 0 amide bonds. The molecule has 0 aromatic carbocycles. The molecule has 1 aliphatic rings. The van der Waals surface area contributed by atoms with Crippen molar-refractivity contribution in [2.24, 2.45) is 5.92 Å². The number of hydrogen-bond acceptors (Lipinski definition) is 3. The molecule has 90 valence electrons. The molecule has 0 saturated heterocycles. The Hall–Kier alpha value is -0.410. The maximum Gasteiger partial charge on any atom is 0.0798 e. The Labute approximate surface area is 102 Å². The lowest BCUT2D eigenvalue weighted by Gasteiger charge is -2.31. The first-order valence-electron chi connectivity index (χ1n) is 6.43. The van der Waals surface area contributed by atoms with Crippen molar-refractivity contribution in [2.75, 3.05) is 0 Å². The molecule has 3 heteroatoms. The highest BCUT2D eigenvalue weighted by atomic mass is 32.1. The third-order valence-corrected chi connectivity index (χ3v) is 4.74. The third-order valence-electron chi connectivity index (χ3n) is 3.80. The predicted molar refractivity (Wildman–Crippen MR) is 69.7 cm³/mol. The van der Waals surface area contributed by atoms with Crippen molar-refractivity contribution in [2.45, 2.75) is 58.5 Å². The van der Waals surface area contributed by atoms with Gasteiger partial charge in [0.05, 0.1) is 11.2 Å². The summed E-state index contributed by atoms with van der Waals surface area (Å²) in [6.07, 6.45) is 6.91. The summed E-state index contributed by atoms with van der Waals surface area (Å²) in [5, 5.41) is 3.74. The lowest BCUT2D eigenvalue weighted by molar-refractivity contribution is 0.255. The minimum Gasteiger partial charge on any atom is -0.309 e. The molecule has 1 N–H and O–H groups in total. The van der Waals surface area contributed by atoms with Gasteiger partial charge in [-0.2, -0.15) is 0 Å². The lowest BCUT2D eigenvalue weighted by Crippen LogP contribution is -2.37. The predicted octanol–water partition coefficient (Wildman–Crippen LogP) is 3.51. The van der Waals surface area contributed by atoms with Crippen molar-refractivity contribution in [3.05, 3.63) is 16.1 Å². The van der Waals surface area contributed by atoms with Crippen LogP contribution in [0.1, 0.15) is 49.6 Å². The van der Waals surface area contributed by atoms with E-state index in [1.54, 1.807) is 11.3 Å². The van der Waals surface area contributed by atoms with Crippen LogP contribution < -0.4 is 5.32 Å². The van der Waals surface area contributed by atoms with E-state index in [-0.39, 0.29) is 0 Å². The van der Waals surface area contributed by atoms with Crippen LogP contribution in [0.15, 0.2) is 5.51 Å². The molecule has 1 aromatic heterocycles. The van der Waals surface area contributed by atoms with Crippen molar-refractivity contribution in [3.8, 4) is 0 Å². The van der Waals surface area contributed by atoms with Gasteiger partial charge in [0.1, 0.15) is 0 Å². The van der Waals surface area contributed by atoms with E-state index in [9.17, 15) is 0 Å². The fourth-order valence-electron chi connectivity index (χ4n) is 2.68. The minimum atomic E-state index is 0.736. The summed E-state index contributed by atoms with van der Waals surface area (Å²) in [4.78, 5) is 5.70. The van der Waals surface area contributed by atoms with Gasteiger partial charge in [0.25, 0.3) is 0 Å². The zero-order chi connectivity index (χ0) is 11.4. The van der Waals surface area contributed by atoms with E-state index < -0.39 is 0 Å². The van der Waals surface area contributed by atoms with Crippen LogP contribution in [0, 0.1) is 12.8 Å². The normalized spacial score (nSPS) is 25.9. The quantitative estimate of drug-likeness (QED) is 0.868. The average molecular weight is 238 g/mol. The molecular formula is C13H22N2S. The molecule has 1 saturated carbocycles. The monoisotopic (exact) mass is 238 g/mol. The molecule has 1 heterocycles. The van der Waals surface area contributed by atoms with E-state index in [0.29, 0.717) is 0 Å². The second-order valence-corrected chi connectivity index (χ2v) is 5.74. The third kappa shape index (κ3) is 2.83. The Morgan fingerprint density at radius 2 is 2.25 bits per heavy atom. The fourth-order valence-corrected chi connectivity index (χ4v) is 3.41. The molecule has 16 heavy (non-hydrogen) atoms. The molecule has 1 aromatic rings. The maximum absolute atomic E-state index is 4.30. The second-order valence-electron chi connectivity index (χ2n) is 4.80. The van der Waals surface area contributed by atoms with Gasteiger partial charge in [0.15, 0.2) is 0 Å². The number of aryl methyl sites for hydroxylation is 1. The Morgan fingerprint density at radius 3 is 2.94 bits per heavy atom. The molecule has 2 nitrogen and oxygen atoms in total. The summed E-state index contributed by atoms with van der Waals surface area (Å²) < 4.78 is 0. The van der Waals surface area contributed by atoms with Crippen molar-refractivity contribution in [1.29, 1.82) is 0 Å². The van der Waals surface area contributed by atoms with Crippen molar-refractivity contribution in [3.63, 3.8) is 0 Å². The van der Waals surface area contributed by atoms with Gasteiger partial charge in [-0.15, -0.1) is 11.3 Å². The Morgan fingerprint density at radius 1 is 1.44 bits per heavy atom. The van der Waals surface area contributed by atoms with Gasteiger partial charge < -0.3 is 5.32 Å². The zero-order valence-electron chi connectivity index (χ0n) is 10.3. The molecule has 0 radical (unpaired) electrons. The van der Waals surface area contributed by atoms with Crippen LogP contribution in [0.2, 0.25) is 0 Å². The Balaban J connectivity index is 1.86. The number of hydrogen-bond donors (Lipinski definition) is 1. The summed E-state index contributed by atoms with van der Waals surface area (Å²) in [5.74, 6) is 0.891. The molecule has 2 atom stereocenters. The minimum absolute atomic E-state index is 0.736. The van der Waals surface area contributed by atoms with Crippen LogP contribution in [0.3, 0.4) is 0 Å². The van der Waals surface area contributed by atoms with Crippen LogP contribution in [0.25, 0.3) is 0 Å². The smallest absolute Gasteiger partial charge is 0.0798 e. The van der Waals surface area contributed by atoms with Gasteiger partial charge in [-0.1, -0.05) is 26.2 Å². The maximum atomic E-state index is 4.30. The first-order valence-corrected chi connectivity index (χ1v) is 7.31. The number of rotatable bonds is 4. The molecule has 0 aliphatic heterocycles. The second kappa shape index (κ2) is 5.78. The highest BCUT2D eigenvalue weighted by Crippen LogP contribution is 2.27. The van der Waals surface area contributed by atoms with Crippen LogP contribution in [0.4, 0.5) is 0 Å². The van der Waals surface area contributed by atoms with Crippen molar-refractivity contribution >= 4 is 11.3 Å². The van der Waals surface area contributed by atoms with E-state index >= 15 is 0 Å². The topological polar surface area (TPSA) is 24.9 Å². The molecule has 2 unspecified atom stereocenters. The Bertz CT molecular complexity index is 321. The number of nitrogens with one attached hydrogen (secondary N) is 1. The summed E-state index contributed by atoms with van der Waals surface area (Å²) in [6.45, 7) is 5.44. The number of aromatic nitrogens is 1. The summed E-state index contributed by atoms with van der Waals surface area (Å²) in [6, 6.07) is 0.736. The summed E-state index contributed by atoms with van der Waals surface area (Å²) >= 11 is 1.77. The standard InChI is InChI=1S/C13H22N2S/c1-3-11-6-4-5-7-12(11)14-8-13-10(2)15-9-16-13/h9,11-12,14H,3-8H2,1-2H3. The van der Waals surface area contributed by atoms with Crippen LogP contribution in [-0.4, -0.2) is 11.0 Å². The van der Waals surface area contributed by atoms with Crippen LogP contribution in [-0.2, 0) is 6.54 Å². The first kappa shape index (κ1) is 12.1. The molecule has 0 bridgehead atoms. The number of nitrogens with zero attached hydrogens (tertiary/aromatic N) is 1. The van der Waals surface area contributed by atoms with E-state index in [1.807, 2.05) is 5.51 Å². The van der Waals surface area contributed by atoms with E-state index in [1.165, 1.54) is 42.7 Å². The average Bonchev–Trinajstić information content (AvgIpc) is 2.72. The van der Waals surface area contributed by atoms with Crippen molar-refractivity contribution < 1.29 is 0 Å². The van der Waals surface area contributed by atoms with Crippen LogP contribution in [0.5, 0.6) is 0 Å². The molecule has 2 rings (SSSR count). The SMILES string of the molecule is CCC1CCCCC1NCc1scnc1C. The van der Waals surface area contributed by atoms with Gasteiger partial charge in [-0.25, -0.2) is 4.98 Å². The van der Waals surface area contributed by atoms with E-state index in [0.717, 1.165) is 18.5 Å². The summed E-state index contributed by atoms with van der Waals surface area (Å²) in [5.41, 5.74) is 3.14. The number of thiazole rings is 1. The first-order chi connectivity index (χ1) is 7.81. The van der Waals surface area contributed by atoms with Gasteiger partial charge in [0, 0.05) is 17.5 Å². The van der Waals surface area contributed by atoms with Gasteiger partial charge in [0.2, 0.25) is 0 Å². The molecule has 1 fully saturated rings. The van der Waals surface area contributed by atoms with Gasteiger partial charge >= 0.3 is 0 Å². The van der Waals surface area contributed by atoms with E-state index in [4.69, 9.17) is 0 Å². The van der Waals surface area contributed by atoms with Crippen molar-refractivity contribution in [1.82, 2.24) is 10.3 Å². The Kier molecular flexibility index (Phi) is 4.36. The molecular weight excluding hydrogens is 216 g/mol. The molecule has 0 spiro atoms. The fraction of sp³-hybridized carbons (Fsp3) is 0.769. The van der Waals surface area contributed by atoms with Gasteiger partial charge in [-0.3, -0.25) is 0 Å². The largest absolute Gasteiger partial charge is 0.309 e.